The summed E-state index contributed by atoms with van der Waals surface area (Å²) in [5, 5.41) is 4.15. The van der Waals surface area contributed by atoms with Gasteiger partial charge in [0.25, 0.3) is 0 Å². The molecule has 4 nitrogen and oxygen atoms in total. The molecular formula is C18H18N2O2. The number of ether oxygens (including phenoxy) is 1. The lowest BCUT2D eigenvalue weighted by molar-refractivity contribution is -0.121. The summed E-state index contributed by atoms with van der Waals surface area (Å²) in [6, 6.07) is 14.3. The van der Waals surface area contributed by atoms with Crippen LogP contribution < -0.4 is 10.2 Å². The summed E-state index contributed by atoms with van der Waals surface area (Å²) in [6.07, 6.45) is 1.18. The molecule has 4 heteroatoms. The minimum atomic E-state index is -0.0199. The van der Waals surface area contributed by atoms with Gasteiger partial charge in [-0.2, -0.15) is 5.10 Å². The Bertz CT molecular complexity index is 751. The zero-order chi connectivity index (χ0) is 15.5. The van der Waals surface area contributed by atoms with E-state index >= 15 is 0 Å². The van der Waals surface area contributed by atoms with Crippen molar-refractivity contribution >= 4 is 11.6 Å². The van der Waals surface area contributed by atoms with Crippen LogP contribution in [0.5, 0.6) is 5.75 Å². The molecule has 1 heterocycles. The van der Waals surface area contributed by atoms with Crippen molar-refractivity contribution in [3.63, 3.8) is 0 Å². The van der Waals surface area contributed by atoms with Crippen molar-refractivity contribution in [3.05, 3.63) is 53.6 Å². The fourth-order valence-electron chi connectivity index (χ4n) is 2.64. The maximum atomic E-state index is 11.2. The molecule has 0 radical (unpaired) electrons. The Morgan fingerprint density at radius 2 is 1.95 bits per heavy atom. The first-order valence-electron chi connectivity index (χ1n) is 7.28. The van der Waals surface area contributed by atoms with Crippen LogP contribution in [0.4, 0.5) is 0 Å². The van der Waals surface area contributed by atoms with Gasteiger partial charge in [-0.15, -0.1) is 0 Å². The van der Waals surface area contributed by atoms with E-state index in [-0.39, 0.29) is 5.91 Å². The third kappa shape index (κ3) is 2.86. The van der Waals surface area contributed by atoms with E-state index in [9.17, 15) is 4.79 Å². The molecule has 2 aromatic carbocycles. The van der Waals surface area contributed by atoms with Crippen LogP contribution in [-0.4, -0.2) is 18.7 Å². The van der Waals surface area contributed by atoms with E-state index < -0.39 is 0 Å². The Morgan fingerprint density at radius 3 is 2.64 bits per heavy atom. The number of carbonyl (C=O) groups excluding carboxylic acids is 1. The largest absolute Gasteiger partial charge is 0.497 e. The van der Waals surface area contributed by atoms with Crippen LogP contribution >= 0.6 is 0 Å². The molecule has 0 bridgehead atoms. The van der Waals surface area contributed by atoms with E-state index in [0.29, 0.717) is 12.8 Å². The average Bonchev–Trinajstić information content (AvgIpc) is 2.55. The van der Waals surface area contributed by atoms with Crippen LogP contribution in [0.3, 0.4) is 0 Å². The first kappa shape index (κ1) is 14.3. The SMILES string of the molecule is COc1cccc(-c2ccc(C3=NNC(=O)CC3)cc2C)c1. The molecule has 112 valence electrons. The Balaban J connectivity index is 1.94. The number of hydrazone groups is 1. The van der Waals surface area contributed by atoms with Gasteiger partial charge >= 0.3 is 0 Å². The zero-order valence-electron chi connectivity index (χ0n) is 12.7. The minimum absolute atomic E-state index is 0.0199. The molecule has 0 spiro atoms. The molecule has 0 aromatic heterocycles. The fourth-order valence-corrected chi connectivity index (χ4v) is 2.64. The summed E-state index contributed by atoms with van der Waals surface area (Å²) in [5.41, 5.74) is 8.00. The summed E-state index contributed by atoms with van der Waals surface area (Å²) in [4.78, 5) is 11.2. The standard InChI is InChI=1S/C18H18N2O2/c1-12-10-14(17-8-9-18(21)20-19-17)6-7-16(12)13-4-3-5-15(11-13)22-2/h3-7,10-11H,8-9H2,1-2H3,(H,20,21). The molecule has 3 rings (SSSR count). The van der Waals surface area contributed by atoms with Gasteiger partial charge in [0, 0.05) is 12.8 Å². The lowest BCUT2D eigenvalue weighted by Crippen LogP contribution is -2.25. The molecule has 0 saturated heterocycles. The van der Waals surface area contributed by atoms with Crippen LogP contribution in [0.15, 0.2) is 47.6 Å². The number of nitrogens with one attached hydrogen (secondary N) is 1. The van der Waals surface area contributed by atoms with Crippen molar-refractivity contribution in [1.82, 2.24) is 5.43 Å². The molecule has 1 amide bonds. The monoisotopic (exact) mass is 294 g/mol. The maximum Gasteiger partial charge on any atom is 0.240 e. The smallest absolute Gasteiger partial charge is 0.240 e. The third-order valence-corrected chi connectivity index (χ3v) is 3.84. The Hall–Kier alpha value is -2.62. The molecule has 0 atom stereocenters. The molecule has 0 saturated carbocycles. The maximum absolute atomic E-state index is 11.2. The normalized spacial score (nSPS) is 14.3. The van der Waals surface area contributed by atoms with Gasteiger partial charge in [-0.3, -0.25) is 4.79 Å². The van der Waals surface area contributed by atoms with Crippen molar-refractivity contribution in [2.45, 2.75) is 19.8 Å². The topological polar surface area (TPSA) is 50.7 Å². The van der Waals surface area contributed by atoms with Gasteiger partial charge in [-0.05, 0) is 47.4 Å². The third-order valence-electron chi connectivity index (χ3n) is 3.84. The highest BCUT2D eigenvalue weighted by Crippen LogP contribution is 2.28. The van der Waals surface area contributed by atoms with Crippen LogP contribution in [0.1, 0.15) is 24.0 Å². The fraction of sp³-hybridized carbons (Fsp3) is 0.222. The molecule has 0 aliphatic carbocycles. The predicted octanol–water partition coefficient (Wildman–Crippen LogP) is 3.28. The second-order valence-electron chi connectivity index (χ2n) is 5.36. The van der Waals surface area contributed by atoms with E-state index in [2.05, 4.69) is 41.7 Å². The van der Waals surface area contributed by atoms with Crippen LogP contribution in [0.25, 0.3) is 11.1 Å². The lowest BCUT2D eigenvalue weighted by Gasteiger charge is -2.14. The molecule has 22 heavy (non-hydrogen) atoms. The summed E-state index contributed by atoms with van der Waals surface area (Å²) in [6.45, 7) is 2.08. The van der Waals surface area contributed by atoms with E-state index in [1.807, 2.05) is 18.2 Å². The number of rotatable bonds is 3. The average molecular weight is 294 g/mol. The van der Waals surface area contributed by atoms with E-state index in [1.165, 1.54) is 11.1 Å². The number of hydrogen-bond acceptors (Lipinski definition) is 3. The highest BCUT2D eigenvalue weighted by atomic mass is 16.5. The van der Waals surface area contributed by atoms with Gasteiger partial charge in [0.15, 0.2) is 0 Å². The Labute approximate surface area is 129 Å². The van der Waals surface area contributed by atoms with Gasteiger partial charge in [-0.1, -0.05) is 24.3 Å². The first-order valence-corrected chi connectivity index (χ1v) is 7.28. The molecular weight excluding hydrogens is 276 g/mol. The number of benzene rings is 2. The summed E-state index contributed by atoms with van der Waals surface area (Å²) >= 11 is 0. The predicted molar refractivity (Wildman–Crippen MR) is 87.1 cm³/mol. The van der Waals surface area contributed by atoms with Crippen molar-refractivity contribution in [1.29, 1.82) is 0 Å². The van der Waals surface area contributed by atoms with Crippen molar-refractivity contribution < 1.29 is 9.53 Å². The van der Waals surface area contributed by atoms with Gasteiger partial charge in [-0.25, -0.2) is 5.43 Å². The summed E-state index contributed by atoms with van der Waals surface area (Å²) in [7, 11) is 1.67. The van der Waals surface area contributed by atoms with Crippen molar-refractivity contribution in [3.8, 4) is 16.9 Å². The second-order valence-corrected chi connectivity index (χ2v) is 5.36. The lowest BCUT2D eigenvalue weighted by atomic mass is 9.95. The first-order chi connectivity index (χ1) is 10.7. The van der Waals surface area contributed by atoms with Crippen LogP contribution in [-0.2, 0) is 4.79 Å². The number of amides is 1. The molecule has 2 aromatic rings. The minimum Gasteiger partial charge on any atom is -0.497 e. The number of methoxy groups -OCH3 is 1. The number of nitrogens with zero attached hydrogens (tertiary/aromatic N) is 1. The van der Waals surface area contributed by atoms with Gasteiger partial charge in [0.2, 0.25) is 5.91 Å². The summed E-state index contributed by atoms with van der Waals surface area (Å²) in [5.74, 6) is 0.828. The highest BCUT2D eigenvalue weighted by molar-refractivity contribution is 6.04. The highest BCUT2D eigenvalue weighted by Gasteiger charge is 2.14. The molecule has 1 aliphatic rings. The Kier molecular flexibility index (Phi) is 3.92. The van der Waals surface area contributed by atoms with Crippen molar-refractivity contribution in [2.75, 3.05) is 7.11 Å². The van der Waals surface area contributed by atoms with Gasteiger partial charge in [0.1, 0.15) is 5.75 Å². The van der Waals surface area contributed by atoms with E-state index in [4.69, 9.17) is 4.74 Å². The quantitative estimate of drug-likeness (QED) is 0.944. The summed E-state index contributed by atoms with van der Waals surface area (Å²) < 4.78 is 5.29. The molecule has 1 aliphatic heterocycles. The Morgan fingerprint density at radius 1 is 1.09 bits per heavy atom. The van der Waals surface area contributed by atoms with Crippen LogP contribution in [0, 0.1) is 6.92 Å². The van der Waals surface area contributed by atoms with E-state index in [0.717, 1.165) is 22.6 Å². The van der Waals surface area contributed by atoms with Crippen LogP contribution in [0.2, 0.25) is 0 Å². The molecule has 1 N–H and O–H groups in total. The van der Waals surface area contributed by atoms with Crippen molar-refractivity contribution in [2.24, 2.45) is 5.10 Å². The van der Waals surface area contributed by atoms with E-state index in [1.54, 1.807) is 7.11 Å². The van der Waals surface area contributed by atoms with Gasteiger partial charge < -0.3 is 4.74 Å². The molecule has 0 unspecified atom stereocenters. The number of carbonyl (C=O) groups is 1. The zero-order valence-corrected chi connectivity index (χ0v) is 12.7. The number of hydrogen-bond donors (Lipinski definition) is 1. The second kappa shape index (κ2) is 6.02. The van der Waals surface area contributed by atoms with Gasteiger partial charge in [0.05, 0.1) is 12.8 Å². The number of aryl methyl sites for hydroxylation is 1. The molecule has 0 fully saturated rings.